The van der Waals surface area contributed by atoms with Gasteiger partial charge in [-0.25, -0.2) is 0 Å². The van der Waals surface area contributed by atoms with Crippen molar-refractivity contribution in [1.82, 2.24) is 10.2 Å². The summed E-state index contributed by atoms with van der Waals surface area (Å²) in [5.41, 5.74) is 0.867. The molecule has 0 saturated heterocycles. The maximum Gasteiger partial charge on any atom is 0.234 e. The van der Waals surface area contributed by atoms with Crippen LogP contribution in [0.25, 0.3) is 0 Å². The molecule has 0 radical (unpaired) electrons. The SMILES string of the molecule is CCNC(=O)CN(C)C(CC)c1ccccc1O. The minimum atomic E-state index is 0.00821. The molecule has 4 heteroatoms. The Morgan fingerprint density at radius 1 is 1.39 bits per heavy atom. The summed E-state index contributed by atoms with van der Waals surface area (Å²) in [5, 5.41) is 12.6. The van der Waals surface area contributed by atoms with E-state index in [1.54, 1.807) is 12.1 Å². The van der Waals surface area contributed by atoms with E-state index < -0.39 is 0 Å². The molecule has 0 fully saturated rings. The molecular weight excluding hydrogens is 228 g/mol. The summed E-state index contributed by atoms with van der Waals surface area (Å²) in [6, 6.07) is 7.33. The van der Waals surface area contributed by atoms with Crippen molar-refractivity contribution in [2.75, 3.05) is 20.1 Å². The van der Waals surface area contributed by atoms with Gasteiger partial charge in [0.15, 0.2) is 0 Å². The number of para-hydroxylation sites is 1. The largest absolute Gasteiger partial charge is 0.508 e. The van der Waals surface area contributed by atoms with Gasteiger partial charge in [0.25, 0.3) is 0 Å². The fourth-order valence-electron chi connectivity index (χ4n) is 2.13. The molecule has 1 amide bonds. The Morgan fingerprint density at radius 2 is 2.06 bits per heavy atom. The van der Waals surface area contributed by atoms with Crippen molar-refractivity contribution >= 4 is 5.91 Å². The van der Waals surface area contributed by atoms with Crippen molar-refractivity contribution in [2.45, 2.75) is 26.3 Å². The number of carbonyl (C=O) groups is 1. The highest BCUT2D eigenvalue weighted by Crippen LogP contribution is 2.29. The molecular formula is C14H22N2O2. The van der Waals surface area contributed by atoms with Gasteiger partial charge in [-0.05, 0) is 26.5 Å². The van der Waals surface area contributed by atoms with E-state index in [-0.39, 0.29) is 17.7 Å². The van der Waals surface area contributed by atoms with E-state index in [0.717, 1.165) is 12.0 Å². The smallest absolute Gasteiger partial charge is 0.234 e. The van der Waals surface area contributed by atoms with Crippen LogP contribution < -0.4 is 5.32 Å². The molecule has 4 nitrogen and oxygen atoms in total. The number of amides is 1. The van der Waals surface area contributed by atoms with Crippen LogP contribution >= 0.6 is 0 Å². The molecule has 0 bridgehead atoms. The molecule has 100 valence electrons. The number of carbonyl (C=O) groups excluding carboxylic acids is 1. The minimum Gasteiger partial charge on any atom is -0.508 e. The molecule has 0 saturated carbocycles. The predicted octanol–water partition coefficient (Wildman–Crippen LogP) is 1.91. The highest BCUT2D eigenvalue weighted by Gasteiger charge is 2.19. The molecule has 0 aliphatic heterocycles. The first-order valence-electron chi connectivity index (χ1n) is 6.34. The van der Waals surface area contributed by atoms with E-state index in [2.05, 4.69) is 5.32 Å². The van der Waals surface area contributed by atoms with Crippen LogP contribution in [0.15, 0.2) is 24.3 Å². The monoisotopic (exact) mass is 250 g/mol. The maximum absolute atomic E-state index is 11.6. The summed E-state index contributed by atoms with van der Waals surface area (Å²) in [7, 11) is 1.90. The van der Waals surface area contributed by atoms with Crippen molar-refractivity contribution < 1.29 is 9.90 Å². The van der Waals surface area contributed by atoms with E-state index >= 15 is 0 Å². The van der Waals surface area contributed by atoms with Crippen LogP contribution in [0.3, 0.4) is 0 Å². The van der Waals surface area contributed by atoms with Crippen molar-refractivity contribution in [3.05, 3.63) is 29.8 Å². The lowest BCUT2D eigenvalue weighted by atomic mass is 10.0. The number of aromatic hydroxyl groups is 1. The van der Waals surface area contributed by atoms with Gasteiger partial charge in [0.2, 0.25) is 5.91 Å². The van der Waals surface area contributed by atoms with E-state index in [1.807, 2.05) is 37.9 Å². The normalized spacial score (nSPS) is 12.4. The average Bonchev–Trinajstić information content (AvgIpc) is 2.32. The van der Waals surface area contributed by atoms with Gasteiger partial charge in [-0.2, -0.15) is 0 Å². The third-order valence-electron chi connectivity index (χ3n) is 2.98. The summed E-state index contributed by atoms with van der Waals surface area (Å²) in [5.74, 6) is 0.293. The summed E-state index contributed by atoms with van der Waals surface area (Å²) < 4.78 is 0. The molecule has 0 heterocycles. The highest BCUT2D eigenvalue weighted by molar-refractivity contribution is 5.77. The Balaban J connectivity index is 2.77. The van der Waals surface area contributed by atoms with Crippen LogP contribution in [-0.2, 0) is 4.79 Å². The van der Waals surface area contributed by atoms with E-state index in [4.69, 9.17) is 0 Å². The molecule has 2 N–H and O–H groups in total. The lowest BCUT2D eigenvalue weighted by Crippen LogP contribution is -2.36. The number of phenols is 1. The number of nitrogens with zero attached hydrogens (tertiary/aromatic N) is 1. The van der Waals surface area contributed by atoms with Crippen molar-refractivity contribution in [2.24, 2.45) is 0 Å². The van der Waals surface area contributed by atoms with Gasteiger partial charge in [0, 0.05) is 18.2 Å². The molecule has 0 aliphatic rings. The predicted molar refractivity (Wildman–Crippen MR) is 72.5 cm³/mol. The second kappa shape index (κ2) is 7.01. The van der Waals surface area contributed by atoms with Gasteiger partial charge >= 0.3 is 0 Å². The Bertz CT molecular complexity index is 393. The van der Waals surface area contributed by atoms with E-state index in [9.17, 15) is 9.90 Å². The number of phenolic OH excluding ortho intramolecular Hbond substituents is 1. The van der Waals surface area contributed by atoms with Gasteiger partial charge in [0.05, 0.1) is 6.54 Å². The third-order valence-corrected chi connectivity index (χ3v) is 2.98. The zero-order chi connectivity index (χ0) is 13.5. The topological polar surface area (TPSA) is 52.6 Å². The van der Waals surface area contributed by atoms with Crippen molar-refractivity contribution in [3.63, 3.8) is 0 Å². The van der Waals surface area contributed by atoms with Gasteiger partial charge in [-0.3, -0.25) is 9.69 Å². The van der Waals surface area contributed by atoms with E-state index in [1.165, 1.54) is 0 Å². The Hall–Kier alpha value is -1.55. The zero-order valence-corrected chi connectivity index (χ0v) is 11.3. The van der Waals surface area contributed by atoms with Gasteiger partial charge in [-0.15, -0.1) is 0 Å². The number of hydrogen-bond acceptors (Lipinski definition) is 3. The first-order valence-corrected chi connectivity index (χ1v) is 6.34. The first kappa shape index (κ1) is 14.5. The Labute approximate surface area is 109 Å². The molecule has 0 spiro atoms. The molecule has 1 aromatic rings. The fourth-order valence-corrected chi connectivity index (χ4v) is 2.13. The number of hydrogen-bond donors (Lipinski definition) is 2. The lowest BCUT2D eigenvalue weighted by Gasteiger charge is -2.27. The van der Waals surface area contributed by atoms with Crippen molar-refractivity contribution in [3.8, 4) is 5.75 Å². The second-order valence-electron chi connectivity index (χ2n) is 4.35. The van der Waals surface area contributed by atoms with Crippen LogP contribution in [-0.4, -0.2) is 36.1 Å². The van der Waals surface area contributed by atoms with Gasteiger partial charge in [0.1, 0.15) is 5.75 Å². The maximum atomic E-state index is 11.6. The van der Waals surface area contributed by atoms with E-state index in [0.29, 0.717) is 13.1 Å². The Morgan fingerprint density at radius 3 is 2.61 bits per heavy atom. The van der Waals surface area contributed by atoms with Crippen LogP contribution in [0.4, 0.5) is 0 Å². The van der Waals surface area contributed by atoms with Crippen LogP contribution in [0.5, 0.6) is 5.75 Å². The summed E-state index contributed by atoms with van der Waals surface area (Å²) in [6.07, 6.45) is 0.841. The van der Waals surface area contributed by atoms with Crippen LogP contribution in [0, 0.1) is 0 Å². The lowest BCUT2D eigenvalue weighted by molar-refractivity contribution is -0.122. The molecule has 1 atom stereocenters. The minimum absolute atomic E-state index is 0.00821. The molecule has 1 rings (SSSR count). The van der Waals surface area contributed by atoms with Gasteiger partial charge < -0.3 is 10.4 Å². The summed E-state index contributed by atoms with van der Waals surface area (Å²) >= 11 is 0. The average molecular weight is 250 g/mol. The summed E-state index contributed by atoms with van der Waals surface area (Å²) in [6.45, 7) is 4.92. The Kier molecular flexibility index (Phi) is 5.65. The third kappa shape index (κ3) is 3.74. The zero-order valence-electron chi connectivity index (χ0n) is 11.3. The number of benzene rings is 1. The quantitative estimate of drug-likeness (QED) is 0.811. The standard InChI is InChI=1S/C14H22N2O2/c1-4-12(11-8-6-7-9-13(11)17)16(3)10-14(18)15-5-2/h6-9,12,17H,4-5,10H2,1-3H3,(H,15,18). The molecule has 18 heavy (non-hydrogen) atoms. The first-order chi connectivity index (χ1) is 8.60. The van der Waals surface area contributed by atoms with Crippen molar-refractivity contribution in [1.29, 1.82) is 0 Å². The van der Waals surface area contributed by atoms with Crippen LogP contribution in [0.1, 0.15) is 31.9 Å². The molecule has 0 aliphatic carbocycles. The second-order valence-corrected chi connectivity index (χ2v) is 4.35. The summed E-state index contributed by atoms with van der Waals surface area (Å²) in [4.78, 5) is 13.5. The highest BCUT2D eigenvalue weighted by atomic mass is 16.3. The number of likely N-dealkylation sites (N-methyl/N-ethyl adjacent to an activating group) is 2. The molecule has 0 aromatic heterocycles. The van der Waals surface area contributed by atoms with Gasteiger partial charge in [-0.1, -0.05) is 25.1 Å². The molecule has 1 unspecified atom stereocenters. The number of nitrogens with one attached hydrogen (secondary N) is 1. The molecule has 1 aromatic carbocycles. The number of rotatable bonds is 6. The fraction of sp³-hybridized carbons (Fsp3) is 0.500. The van der Waals surface area contributed by atoms with Crippen LogP contribution in [0.2, 0.25) is 0 Å².